The molecule has 160 valence electrons. The van der Waals surface area contributed by atoms with Crippen molar-refractivity contribution in [3.05, 3.63) is 29.8 Å². The summed E-state index contributed by atoms with van der Waals surface area (Å²) in [6, 6.07) is 6.14. The van der Waals surface area contributed by atoms with Gasteiger partial charge in [-0.05, 0) is 50.8 Å². The van der Waals surface area contributed by atoms with E-state index in [0.717, 1.165) is 38.5 Å². The summed E-state index contributed by atoms with van der Waals surface area (Å²) < 4.78 is 27.4. The SMILES string of the molecule is CCNC(=O)C1(NC(=O)c2cccc(S(=O)(=O)N3CCCCC3)c2)CCCCC1. The standard InChI is InChI=1S/C21H31N3O4S/c1-2-22-20(26)21(12-5-3-6-13-21)23-19(25)17-10-9-11-18(16-17)29(27,28)24-14-7-4-8-15-24/h9-11,16H,2-8,12-15H2,1H3,(H,22,26)(H,23,25). The number of benzene rings is 1. The lowest BCUT2D eigenvalue weighted by Crippen LogP contribution is -2.59. The molecule has 1 aromatic carbocycles. The molecule has 3 rings (SSSR count). The Morgan fingerprint density at radius 2 is 1.69 bits per heavy atom. The third kappa shape index (κ3) is 4.80. The van der Waals surface area contributed by atoms with Gasteiger partial charge in [-0.3, -0.25) is 9.59 Å². The number of hydrogen-bond acceptors (Lipinski definition) is 4. The predicted octanol–water partition coefficient (Wildman–Crippen LogP) is 2.43. The van der Waals surface area contributed by atoms with Crippen LogP contribution in [0, 0.1) is 0 Å². The van der Waals surface area contributed by atoms with E-state index in [1.807, 2.05) is 6.92 Å². The van der Waals surface area contributed by atoms with E-state index in [0.29, 0.717) is 32.5 Å². The van der Waals surface area contributed by atoms with E-state index in [1.54, 1.807) is 12.1 Å². The largest absolute Gasteiger partial charge is 0.354 e. The van der Waals surface area contributed by atoms with Gasteiger partial charge in [-0.15, -0.1) is 0 Å². The Bertz CT molecular complexity index is 841. The van der Waals surface area contributed by atoms with Crippen LogP contribution < -0.4 is 10.6 Å². The van der Waals surface area contributed by atoms with Crippen LogP contribution in [0.25, 0.3) is 0 Å². The number of carbonyl (C=O) groups is 2. The molecule has 1 saturated heterocycles. The molecule has 2 N–H and O–H groups in total. The second-order valence-electron chi connectivity index (χ2n) is 7.95. The zero-order valence-corrected chi connectivity index (χ0v) is 17.9. The number of sulfonamides is 1. The molecule has 0 unspecified atom stereocenters. The van der Waals surface area contributed by atoms with Gasteiger partial charge in [-0.2, -0.15) is 4.31 Å². The minimum atomic E-state index is -3.62. The maximum atomic E-state index is 13.0. The van der Waals surface area contributed by atoms with Gasteiger partial charge in [0.05, 0.1) is 4.90 Å². The predicted molar refractivity (Wildman–Crippen MR) is 111 cm³/mol. The molecule has 1 heterocycles. The zero-order chi connectivity index (χ0) is 20.9. The molecule has 7 nitrogen and oxygen atoms in total. The van der Waals surface area contributed by atoms with Crippen molar-refractivity contribution in [2.75, 3.05) is 19.6 Å². The molecule has 2 amide bonds. The van der Waals surface area contributed by atoms with Gasteiger partial charge in [-0.25, -0.2) is 8.42 Å². The molecule has 1 saturated carbocycles. The summed E-state index contributed by atoms with van der Waals surface area (Å²) in [5.74, 6) is -0.570. The van der Waals surface area contributed by atoms with E-state index in [1.165, 1.54) is 16.4 Å². The number of rotatable bonds is 6. The zero-order valence-electron chi connectivity index (χ0n) is 17.1. The van der Waals surface area contributed by atoms with E-state index in [4.69, 9.17) is 0 Å². The van der Waals surface area contributed by atoms with Crippen LogP contribution in [0.2, 0.25) is 0 Å². The van der Waals surface area contributed by atoms with Crippen molar-refractivity contribution in [2.24, 2.45) is 0 Å². The molecule has 0 spiro atoms. The van der Waals surface area contributed by atoms with E-state index >= 15 is 0 Å². The lowest BCUT2D eigenvalue weighted by Gasteiger charge is -2.36. The highest BCUT2D eigenvalue weighted by molar-refractivity contribution is 7.89. The van der Waals surface area contributed by atoms with Gasteiger partial charge in [0.15, 0.2) is 0 Å². The summed E-state index contributed by atoms with van der Waals surface area (Å²) in [4.78, 5) is 25.8. The van der Waals surface area contributed by atoms with Crippen molar-refractivity contribution in [3.8, 4) is 0 Å². The first kappa shape index (κ1) is 21.8. The van der Waals surface area contributed by atoms with Crippen molar-refractivity contribution >= 4 is 21.8 Å². The number of amides is 2. The topological polar surface area (TPSA) is 95.6 Å². The van der Waals surface area contributed by atoms with Gasteiger partial charge in [0, 0.05) is 25.2 Å². The van der Waals surface area contributed by atoms with Crippen LogP contribution >= 0.6 is 0 Å². The fourth-order valence-electron chi connectivity index (χ4n) is 4.24. The molecule has 0 radical (unpaired) electrons. The van der Waals surface area contributed by atoms with Gasteiger partial charge < -0.3 is 10.6 Å². The monoisotopic (exact) mass is 421 g/mol. The number of piperidine rings is 1. The second-order valence-corrected chi connectivity index (χ2v) is 9.89. The molecule has 0 bridgehead atoms. The van der Waals surface area contributed by atoms with Crippen LogP contribution in [0.15, 0.2) is 29.2 Å². The van der Waals surface area contributed by atoms with Crippen LogP contribution in [0.5, 0.6) is 0 Å². The summed E-state index contributed by atoms with van der Waals surface area (Å²) in [5, 5.41) is 5.77. The maximum Gasteiger partial charge on any atom is 0.252 e. The lowest BCUT2D eigenvalue weighted by atomic mass is 9.80. The molecule has 1 aromatic rings. The van der Waals surface area contributed by atoms with Crippen LogP contribution in [0.1, 0.15) is 68.6 Å². The normalized spacial score (nSPS) is 20.0. The van der Waals surface area contributed by atoms with Crippen LogP contribution in [0.3, 0.4) is 0 Å². The number of nitrogens with one attached hydrogen (secondary N) is 2. The first-order valence-electron chi connectivity index (χ1n) is 10.6. The van der Waals surface area contributed by atoms with Gasteiger partial charge in [0.25, 0.3) is 5.91 Å². The third-order valence-electron chi connectivity index (χ3n) is 5.88. The molecular weight excluding hydrogens is 390 g/mol. The van der Waals surface area contributed by atoms with Crippen LogP contribution in [-0.4, -0.2) is 49.7 Å². The molecule has 0 aromatic heterocycles. The fraction of sp³-hybridized carbons (Fsp3) is 0.619. The van der Waals surface area contributed by atoms with E-state index in [-0.39, 0.29) is 16.4 Å². The minimum absolute atomic E-state index is 0.128. The second kappa shape index (κ2) is 9.26. The molecule has 0 atom stereocenters. The van der Waals surface area contributed by atoms with Gasteiger partial charge >= 0.3 is 0 Å². The Hall–Kier alpha value is -1.93. The Labute approximate surface area is 173 Å². The summed E-state index contributed by atoms with van der Waals surface area (Å²) in [7, 11) is -3.62. The first-order chi connectivity index (χ1) is 13.9. The molecule has 1 aliphatic heterocycles. The molecule has 2 aliphatic rings. The first-order valence-corrected chi connectivity index (χ1v) is 12.0. The quantitative estimate of drug-likeness (QED) is 0.737. The van der Waals surface area contributed by atoms with Gasteiger partial charge in [0.1, 0.15) is 5.54 Å². The van der Waals surface area contributed by atoms with Crippen LogP contribution in [0.4, 0.5) is 0 Å². The van der Waals surface area contributed by atoms with Gasteiger partial charge in [0.2, 0.25) is 15.9 Å². The number of nitrogens with zero attached hydrogens (tertiary/aromatic N) is 1. The molecule has 2 fully saturated rings. The highest BCUT2D eigenvalue weighted by atomic mass is 32.2. The average molecular weight is 422 g/mol. The van der Waals surface area contributed by atoms with Crippen molar-refractivity contribution in [3.63, 3.8) is 0 Å². The Kier molecular flexibility index (Phi) is 6.95. The average Bonchev–Trinajstić information content (AvgIpc) is 2.75. The van der Waals surface area contributed by atoms with Crippen molar-refractivity contribution in [2.45, 2.75) is 68.7 Å². The Morgan fingerprint density at radius 3 is 2.34 bits per heavy atom. The Balaban J connectivity index is 1.82. The molecule has 29 heavy (non-hydrogen) atoms. The van der Waals surface area contributed by atoms with E-state index in [2.05, 4.69) is 10.6 Å². The summed E-state index contributed by atoms with van der Waals surface area (Å²) >= 11 is 0. The van der Waals surface area contributed by atoms with E-state index < -0.39 is 21.5 Å². The van der Waals surface area contributed by atoms with Crippen molar-refractivity contribution < 1.29 is 18.0 Å². The number of hydrogen-bond donors (Lipinski definition) is 2. The third-order valence-corrected chi connectivity index (χ3v) is 7.78. The van der Waals surface area contributed by atoms with E-state index in [9.17, 15) is 18.0 Å². The Morgan fingerprint density at radius 1 is 1.03 bits per heavy atom. The molecule has 8 heteroatoms. The highest BCUT2D eigenvalue weighted by Gasteiger charge is 2.40. The lowest BCUT2D eigenvalue weighted by molar-refractivity contribution is -0.128. The minimum Gasteiger partial charge on any atom is -0.354 e. The maximum absolute atomic E-state index is 13.0. The fourth-order valence-corrected chi connectivity index (χ4v) is 5.80. The van der Waals surface area contributed by atoms with Crippen LogP contribution in [-0.2, 0) is 14.8 Å². The molecule has 1 aliphatic carbocycles. The number of likely N-dealkylation sites (N-methyl/N-ethyl adjacent to an activating group) is 1. The van der Waals surface area contributed by atoms with Gasteiger partial charge in [-0.1, -0.05) is 31.7 Å². The summed E-state index contributed by atoms with van der Waals surface area (Å²) in [6.45, 7) is 3.38. The summed E-state index contributed by atoms with van der Waals surface area (Å²) in [5.41, 5.74) is -0.662. The number of carbonyl (C=O) groups excluding carboxylic acids is 2. The van der Waals surface area contributed by atoms with Crippen molar-refractivity contribution in [1.29, 1.82) is 0 Å². The molecular formula is C21H31N3O4S. The smallest absolute Gasteiger partial charge is 0.252 e. The highest BCUT2D eigenvalue weighted by Crippen LogP contribution is 2.29. The van der Waals surface area contributed by atoms with Crippen molar-refractivity contribution in [1.82, 2.24) is 14.9 Å². The summed E-state index contributed by atoms with van der Waals surface area (Å²) in [6.07, 6.45) is 6.73.